The van der Waals surface area contributed by atoms with E-state index in [1.807, 2.05) is 12.1 Å². The van der Waals surface area contributed by atoms with Crippen molar-refractivity contribution in [3.63, 3.8) is 0 Å². The monoisotopic (exact) mass is 397 g/mol. The first-order chi connectivity index (χ1) is 12.0. The minimum absolute atomic E-state index is 0.100. The van der Waals surface area contributed by atoms with E-state index in [0.717, 1.165) is 4.90 Å². The van der Waals surface area contributed by atoms with Crippen LogP contribution in [0.1, 0.15) is 12.0 Å². The number of non-ortho nitro benzene ring substituents is 1. The van der Waals surface area contributed by atoms with Crippen molar-refractivity contribution in [3.05, 3.63) is 68.2 Å². The highest BCUT2D eigenvalue weighted by molar-refractivity contribution is 7.99. The molecule has 0 fully saturated rings. The Morgan fingerprint density at radius 1 is 1.24 bits per heavy atom. The van der Waals surface area contributed by atoms with E-state index in [9.17, 15) is 14.9 Å². The van der Waals surface area contributed by atoms with E-state index in [1.54, 1.807) is 12.1 Å². The Morgan fingerprint density at radius 3 is 2.64 bits per heavy atom. The van der Waals surface area contributed by atoms with Crippen molar-refractivity contribution in [1.82, 2.24) is 5.43 Å². The average Bonchev–Trinajstić information content (AvgIpc) is 2.58. The van der Waals surface area contributed by atoms with Gasteiger partial charge in [-0.05, 0) is 30.3 Å². The average molecular weight is 398 g/mol. The topological polar surface area (TPSA) is 84.6 Å². The van der Waals surface area contributed by atoms with Crippen LogP contribution in [0.5, 0.6) is 0 Å². The minimum Gasteiger partial charge on any atom is -0.273 e. The van der Waals surface area contributed by atoms with E-state index in [4.69, 9.17) is 23.2 Å². The summed E-state index contributed by atoms with van der Waals surface area (Å²) >= 11 is 13.3. The summed E-state index contributed by atoms with van der Waals surface area (Å²) in [5.41, 5.74) is 2.62. The Bertz CT molecular complexity index is 798. The van der Waals surface area contributed by atoms with Crippen molar-refractivity contribution in [1.29, 1.82) is 0 Å². The molecule has 6 nitrogen and oxygen atoms in total. The molecule has 0 radical (unpaired) electrons. The second-order valence-electron chi connectivity index (χ2n) is 4.81. The molecule has 0 saturated carbocycles. The number of amides is 1. The molecule has 0 atom stereocenters. The molecule has 0 saturated heterocycles. The van der Waals surface area contributed by atoms with Crippen molar-refractivity contribution < 1.29 is 9.72 Å². The van der Waals surface area contributed by atoms with Crippen LogP contribution < -0.4 is 5.43 Å². The maximum absolute atomic E-state index is 11.7. The Hall–Kier alpha value is -2.09. The molecule has 1 amide bonds. The number of carbonyl (C=O) groups is 1. The van der Waals surface area contributed by atoms with Gasteiger partial charge in [-0.1, -0.05) is 23.2 Å². The lowest BCUT2D eigenvalue weighted by Gasteiger charge is -2.02. The van der Waals surface area contributed by atoms with Gasteiger partial charge in [0, 0.05) is 44.8 Å². The van der Waals surface area contributed by atoms with Gasteiger partial charge < -0.3 is 0 Å². The first-order valence-corrected chi connectivity index (χ1v) is 8.84. The normalized spacial score (nSPS) is 10.8. The molecule has 2 rings (SSSR count). The number of thioether (sulfide) groups is 1. The number of carbonyl (C=O) groups excluding carboxylic acids is 1. The molecule has 0 aliphatic carbocycles. The largest absolute Gasteiger partial charge is 0.273 e. The van der Waals surface area contributed by atoms with Gasteiger partial charge in [0.05, 0.1) is 11.1 Å². The summed E-state index contributed by atoms with van der Waals surface area (Å²) in [4.78, 5) is 23.0. The van der Waals surface area contributed by atoms with Gasteiger partial charge in [-0.25, -0.2) is 5.43 Å². The maximum atomic E-state index is 11.7. The molecule has 2 aromatic carbocycles. The predicted molar refractivity (Wildman–Crippen MR) is 101 cm³/mol. The first kappa shape index (κ1) is 19.2. The molecule has 0 bridgehead atoms. The van der Waals surface area contributed by atoms with Crippen molar-refractivity contribution in [3.8, 4) is 0 Å². The Labute approximate surface area is 158 Å². The van der Waals surface area contributed by atoms with Gasteiger partial charge in [0.2, 0.25) is 5.91 Å². The molecular weight excluding hydrogens is 385 g/mol. The predicted octanol–water partition coefficient (Wildman–Crippen LogP) is 4.53. The molecule has 0 aromatic heterocycles. The molecule has 9 heteroatoms. The summed E-state index contributed by atoms with van der Waals surface area (Å²) < 4.78 is 0. The van der Waals surface area contributed by atoms with Crippen LogP contribution >= 0.6 is 35.0 Å². The van der Waals surface area contributed by atoms with E-state index in [-0.39, 0.29) is 18.0 Å². The Balaban J connectivity index is 1.81. The van der Waals surface area contributed by atoms with Gasteiger partial charge in [-0.2, -0.15) is 5.10 Å². The highest BCUT2D eigenvalue weighted by atomic mass is 35.5. The zero-order valence-electron chi connectivity index (χ0n) is 12.8. The number of hydrogen-bond donors (Lipinski definition) is 1. The molecule has 0 aliphatic rings. The van der Waals surface area contributed by atoms with E-state index in [0.29, 0.717) is 21.4 Å². The number of rotatable bonds is 7. The number of nitrogens with one attached hydrogen (secondary N) is 1. The quantitative estimate of drug-likeness (QED) is 0.321. The number of nitrogens with zero attached hydrogens (tertiary/aromatic N) is 2. The van der Waals surface area contributed by atoms with Crippen molar-refractivity contribution in [2.75, 3.05) is 5.75 Å². The van der Waals surface area contributed by atoms with Crippen molar-refractivity contribution in [2.24, 2.45) is 5.10 Å². The van der Waals surface area contributed by atoms with Gasteiger partial charge in [-0.3, -0.25) is 14.9 Å². The molecule has 130 valence electrons. The van der Waals surface area contributed by atoms with Crippen molar-refractivity contribution >= 4 is 52.8 Å². The van der Waals surface area contributed by atoms with Crippen LogP contribution in [0, 0.1) is 10.1 Å². The van der Waals surface area contributed by atoms with Crippen LogP contribution in [0.15, 0.2) is 52.5 Å². The second kappa shape index (κ2) is 9.41. The number of nitro groups is 1. The number of benzene rings is 2. The highest BCUT2D eigenvalue weighted by Crippen LogP contribution is 2.21. The van der Waals surface area contributed by atoms with Crippen LogP contribution in [-0.2, 0) is 4.79 Å². The van der Waals surface area contributed by atoms with Crippen LogP contribution in [0.4, 0.5) is 5.69 Å². The van der Waals surface area contributed by atoms with E-state index >= 15 is 0 Å². The zero-order valence-corrected chi connectivity index (χ0v) is 15.1. The summed E-state index contributed by atoms with van der Waals surface area (Å²) in [7, 11) is 0. The molecule has 0 unspecified atom stereocenters. The molecule has 1 N–H and O–H groups in total. The maximum Gasteiger partial charge on any atom is 0.270 e. The molecular formula is C16H13Cl2N3O3S. The van der Waals surface area contributed by atoms with Gasteiger partial charge in [0.15, 0.2) is 0 Å². The van der Waals surface area contributed by atoms with E-state index in [2.05, 4.69) is 10.5 Å². The molecule has 0 heterocycles. The van der Waals surface area contributed by atoms with Crippen LogP contribution in [-0.4, -0.2) is 22.8 Å². The lowest BCUT2D eigenvalue weighted by molar-refractivity contribution is -0.384. The first-order valence-electron chi connectivity index (χ1n) is 7.10. The SMILES string of the molecule is O=C(CCSc1ccc(Cl)cc1)N/N=C\c1cc([N+](=O)[O-])ccc1Cl. The van der Waals surface area contributed by atoms with Crippen LogP contribution in [0.25, 0.3) is 0 Å². The summed E-state index contributed by atoms with van der Waals surface area (Å²) in [6.45, 7) is 0. The van der Waals surface area contributed by atoms with Gasteiger partial charge in [0.1, 0.15) is 0 Å². The van der Waals surface area contributed by atoms with Gasteiger partial charge >= 0.3 is 0 Å². The molecule has 2 aromatic rings. The number of hydrazone groups is 1. The molecule has 0 spiro atoms. The van der Waals surface area contributed by atoms with E-state index in [1.165, 1.54) is 36.2 Å². The van der Waals surface area contributed by atoms with Crippen molar-refractivity contribution in [2.45, 2.75) is 11.3 Å². The molecule has 25 heavy (non-hydrogen) atoms. The van der Waals surface area contributed by atoms with Crippen LogP contribution in [0.2, 0.25) is 10.0 Å². The van der Waals surface area contributed by atoms with Gasteiger partial charge in [-0.15, -0.1) is 11.8 Å². The third kappa shape index (κ3) is 6.38. The highest BCUT2D eigenvalue weighted by Gasteiger charge is 2.08. The Kier molecular flexibility index (Phi) is 7.24. The third-order valence-electron chi connectivity index (χ3n) is 2.99. The zero-order chi connectivity index (χ0) is 18.2. The molecule has 0 aliphatic heterocycles. The standard InChI is InChI=1S/C16H13Cl2N3O3S/c17-12-1-4-14(5-2-12)25-8-7-16(22)20-19-10-11-9-13(21(23)24)3-6-15(11)18/h1-6,9-10H,7-8H2,(H,20,22)/b19-10-. The van der Waals surface area contributed by atoms with E-state index < -0.39 is 4.92 Å². The minimum atomic E-state index is -0.528. The summed E-state index contributed by atoms with van der Waals surface area (Å²) in [5, 5.41) is 15.5. The Morgan fingerprint density at radius 2 is 1.96 bits per heavy atom. The summed E-state index contributed by atoms with van der Waals surface area (Å²) in [6, 6.07) is 11.3. The summed E-state index contributed by atoms with van der Waals surface area (Å²) in [5.74, 6) is 0.319. The number of hydrogen-bond acceptors (Lipinski definition) is 5. The summed E-state index contributed by atoms with van der Waals surface area (Å²) in [6.07, 6.45) is 1.55. The fourth-order valence-corrected chi connectivity index (χ4v) is 2.91. The lowest BCUT2D eigenvalue weighted by Crippen LogP contribution is -2.17. The lowest BCUT2D eigenvalue weighted by atomic mass is 10.2. The number of halogens is 2. The third-order valence-corrected chi connectivity index (χ3v) is 4.60. The number of nitro benzene ring substituents is 1. The fraction of sp³-hybridized carbons (Fsp3) is 0.125. The van der Waals surface area contributed by atoms with Crippen LogP contribution in [0.3, 0.4) is 0 Å². The van der Waals surface area contributed by atoms with Gasteiger partial charge in [0.25, 0.3) is 5.69 Å². The fourth-order valence-electron chi connectivity index (χ4n) is 1.77. The smallest absolute Gasteiger partial charge is 0.270 e. The second-order valence-corrected chi connectivity index (χ2v) is 6.82.